The lowest BCUT2D eigenvalue weighted by Crippen LogP contribution is -2.47. The Labute approximate surface area is 148 Å². The van der Waals surface area contributed by atoms with Crippen molar-refractivity contribution in [2.75, 3.05) is 19.7 Å². The van der Waals surface area contributed by atoms with Gasteiger partial charge in [-0.05, 0) is 54.1 Å². The molecule has 0 unspecified atom stereocenters. The zero-order chi connectivity index (χ0) is 17.1. The Morgan fingerprint density at radius 2 is 1.84 bits per heavy atom. The Morgan fingerprint density at radius 3 is 2.64 bits per heavy atom. The minimum atomic E-state index is -0.725. The Balaban J connectivity index is 1.31. The van der Waals surface area contributed by atoms with Crippen LogP contribution in [0.15, 0.2) is 60.8 Å². The van der Waals surface area contributed by atoms with Gasteiger partial charge < -0.3 is 14.8 Å². The van der Waals surface area contributed by atoms with Crippen molar-refractivity contribution in [2.45, 2.75) is 25.0 Å². The monoisotopic (exact) mass is 336 g/mol. The molecule has 0 spiro atoms. The molecule has 1 aliphatic rings. The first-order valence-electron chi connectivity index (χ1n) is 8.89. The van der Waals surface area contributed by atoms with Gasteiger partial charge in [-0.2, -0.15) is 0 Å². The number of hydrogen-bond acceptors (Lipinski definition) is 3. The van der Waals surface area contributed by atoms with Gasteiger partial charge in [-0.3, -0.25) is 4.90 Å². The summed E-state index contributed by atoms with van der Waals surface area (Å²) in [5.74, 6) is 0.818. The van der Waals surface area contributed by atoms with Gasteiger partial charge in [-0.25, -0.2) is 0 Å². The normalized spacial score (nSPS) is 17.6. The molecular formula is C21H24N2O2. The summed E-state index contributed by atoms with van der Waals surface area (Å²) < 4.78 is 5.77. The third kappa shape index (κ3) is 3.86. The standard InChI is InChI=1S/C21H24N2O2/c24-21(16-25-19-4-2-1-3-5-19)9-12-23(13-10-21)15-17-6-7-20-18(14-17)8-11-22-20/h1-8,11,14,22,24H,9-10,12-13,15-16H2. The molecule has 3 aromatic rings. The Morgan fingerprint density at radius 1 is 1.04 bits per heavy atom. The number of aromatic amines is 1. The second kappa shape index (κ2) is 6.90. The number of nitrogens with one attached hydrogen (secondary N) is 1. The van der Waals surface area contributed by atoms with Crippen molar-refractivity contribution in [3.05, 3.63) is 66.4 Å². The molecule has 2 aromatic carbocycles. The number of ether oxygens (including phenoxy) is 1. The predicted molar refractivity (Wildman–Crippen MR) is 99.7 cm³/mol. The molecule has 1 aliphatic heterocycles. The number of benzene rings is 2. The van der Waals surface area contributed by atoms with Gasteiger partial charge in [0.2, 0.25) is 0 Å². The minimum absolute atomic E-state index is 0.361. The summed E-state index contributed by atoms with van der Waals surface area (Å²) in [7, 11) is 0. The Hall–Kier alpha value is -2.30. The van der Waals surface area contributed by atoms with Crippen molar-refractivity contribution in [3.63, 3.8) is 0 Å². The van der Waals surface area contributed by atoms with Gasteiger partial charge in [0.05, 0.1) is 0 Å². The Kier molecular flexibility index (Phi) is 4.47. The van der Waals surface area contributed by atoms with E-state index in [1.54, 1.807) is 0 Å². The summed E-state index contributed by atoms with van der Waals surface area (Å²) in [6, 6.07) is 18.4. The van der Waals surface area contributed by atoms with Crippen molar-refractivity contribution in [1.29, 1.82) is 0 Å². The van der Waals surface area contributed by atoms with Gasteiger partial charge >= 0.3 is 0 Å². The maximum Gasteiger partial charge on any atom is 0.119 e. The van der Waals surface area contributed by atoms with Crippen LogP contribution in [0.5, 0.6) is 5.75 Å². The lowest BCUT2D eigenvalue weighted by atomic mass is 9.92. The molecule has 4 nitrogen and oxygen atoms in total. The van der Waals surface area contributed by atoms with E-state index in [1.807, 2.05) is 36.5 Å². The molecule has 2 N–H and O–H groups in total. The smallest absolute Gasteiger partial charge is 0.119 e. The molecule has 0 saturated carbocycles. The number of H-pyrrole nitrogens is 1. The number of aliphatic hydroxyl groups is 1. The third-order valence-electron chi connectivity index (χ3n) is 5.06. The molecular weight excluding hydrogens is 312 g/mol. The molecule has 1 fully saturated rings. The Bertz CT molecular complexity index is 820. The highest BCUT2D eigenvalue weighted by Gasteiger charge is 2.33. The van der Waals surface area contributed by atoms with Crippen molar-refractivity contribution in [1.82, 2.24) is 9.88 Å². The second-order valence-corrected chi connectivity index (χ2v) is 7.00. The summed E-state index contributed by atoms with van der Waals surface area (Å²) in [6.45, 7) is 3.07. The van der Waals surface area contributed by atoms with E-state index in [9.17, 15) is 5.11 Å². The van der Waals surface area contributed by atoms with E-state index in [1.165, 1.54) is 16.5 Å². The van der Waals surface area contributed by atoms with Gasteiger partial charge in [0.15, 0.2) is 0 Å². The molecule has 1 aromatic heterocycles. The molecule has 4 rings (SSSR count). The number of aromatic nitrogens is 1. The summed E-state index contributed by atoms with van der Waals surface area (Å²) in [6.07, 6.45) is 3.46. The van der Waals surface area contributed by atoms with Crippen LogP contribution in [-0.2, 0) is 6.54 Å². The van der Waals surface area contributed by atoms with E-state index >= 15 is 0 Å². The van der Waals surface area contributed by atoms with Gasteiger partial charge in [0.25, 0.3) is 0 Å². The molecule has 0 radical (unpaired) electrons. The average molecular weight is 336 g/mol. The molecule has 4 heteroatoms. The first-order valence-corrected chi connectivity index (χ1v) is 8.89. The van der Waals surface area contributed by atoms with Crippen LogP contribution in [0, 0.1) is 0 Å². The number of nitrogens with zero attached hydrogens (tertiary/aromatic N) is 1. The fraction of sp³-hybridized carbons (Fsp3) is 0.333. The summed E-state index contributed by atoms with van der Waals surface area (Å²) in [5.41, 5.74) is 1.77. The lowest BCUT2D eigenvalue weighted by molar-refractivity contribution is -0.0537. The van der Waals surface area contributed by atoms with Crippen LogP contribution in [0.4, 0.5) is 0 Å². The molecule has 2 heterocycles. The predicted octanol–water partition coefficient (Wildman–Crippen LogP) is 3.57. The van der Waals surface area contributed by atoms with Crippen molar-refractivity contribution >= 4 is 10.9 Å². The highest BCUT2D eigenvalue weighted by Crippen LogP contribution is 2.25. The van der Waals surface area contributed by atoms with Crippen LogP contribution >= 0.6 is 0 Å². The first-order chi connectivity index (χ1) is 12.2. The highest BCUT2D eigenvalue weighted by molar-refractivity contribution is 5.79. The van der Waals surface area contributed by atoms with Crippen molar-refractivity contribution in [2.24, 2.45) is 0 Å². The van der Waals surface area contributed by atoms with E-state index in [4.69, 9.17) is 4.74 Å². The zero-order valence-electron chi connectivity index (χ0n) is 14.3. The summed E-state index contributed by atoms with van der Waals surface area (Å²) in [5, 5.41) is 12.0. The highest BCUT2D eigenvalue weighted by atomic mass is 16.5. The number of hydrogen-bond donors (Lipinski definition) is 2. The molecule has 0 atom stereocenters. The topological polar surface area (TPSA) is 48.5 Å². The van der Waals surface area contributed by atoms with Crippen LogP contribution in [-0.4, -0.2) is 40.3 Å². The first kappa shape index (κ1) is 16.2. The summed E-state index contributed by atoms with van der Waals surface area (Å²) >= 11 is 0. The van der Waals surface area contributed by atoms with E-state index in [2.05, 4.69) is 34.1 Å². The number of rotatable bonds is 5. The van der Waals surface area contributed by atoms with E-state index < -0.39 is 5.60 Å². The number of para-hydroxylation sites is 1. The van der Waals surface area contributed by atoms with E-state index in [-0.39, 0.29) is 0 Å². The maximum absolute atomic E-state index is 10.8. The average Bonchev–Trinajstić information content (AvgIpc) is 3.11. The fourth-order valence-electron chi connectivity index (χ4n) is 3.47. The van der Waals surface area contributed by atoms with E-state index in [0.29, 0.717) is 6.61 Å². The summed E-state index contributed by atoms with van der Waals surface area (Å²) in [4.78, 5) is 5.64. The SMILES string of the molecule is OC1(COc2ccccc2)CCN(Cc2ccc3[nH]ccc3c2)CC1. The van der Waals surface area contributed by atoms with Crippen LogP contribution in [0.25, 0.3) is 10.9 Å². The maximum atomic E-state index is 10.8. The van der Waals surface area contributed by atoms with E-state index in [0.717, 1.165) is 38.2 Å². The third-order valence-corrected chi connectivity index (χ3v) is 5.06. The zero-order valence-corrected chi connectivity index (χ0v) is 14.3. The van der Waals surface area contributed by atoms with Crippen LogP contribution < -0.4 is 4.74 Å². The van der Waals surface area contributed by atoms with Gasteiger partial charge in [0, 0.05) is 31.3 Å². The van der Waals surface area contributed by atoms with Crippen LogP contribution in [0.2, 0.25) is 0 Å². The van der Waals surface area contributed by atoms with Crippen molar-refractivity contribution < 1.29 is 9.84 Å². The molecule has 0 bridgehead atoms. The van der Waals surface area contributed by atoms with Gasteiger partial charge in [-0.1, -0.05) is 24.3 Å². The van der Waals surface area contributed by atoms with Gasteiger partial charge in [-0.15, -0.1) is 0 Å². The van der Waals surface area contributed by atoms with Gasteiger partial charge in [0.1, 0.15) is 18.0 Å². The molecule has 25 heavy (non-hydrogen) atoms. The number of likely N-dealkylation sites (tertiary alicyclic amines) is 1. The molecule has 0 amide bonds. The minimum Gasteiger partial charge on any atom is -0.491 e. The van der Waals surface area contributed by atoms with Crippen LogP contribution in [0.3, 0.4) is 0 Å². The molecule has 1 saturated heterocycles. The molecule has 0 aliphatic carbocycles. The largest absolute Gasteiger partial charge is 0.491 e. The van der Waals surface area contributed by atoms with Crippen molar-refractivity contribution in [3.8, 4) is 5.75 Å². The second-order valence-electron chi connectivity index (χ2n) is 7.00. The lowest BCUT2D eigenvalue weighted by Gasteiger charge is -2.38. The molecule has 130 valence electrons. The fourth-order valence-corrected chi connectivity index (χ4v) is 3.47. The quantitative estimate of drug-likeness (QED) is 0.749. The number of fused-ring (bicyclic) bond motifs is 1. The number of piperidine rings is 1. The van der Waals surface area contributed by atoms with Crippen LogP contribution in [0.1, 0.15) is 18.4 Å².